The Morgan fingerprint density at radius 3 is 2.68 bits per heavy atom. The van der Waals surface area contributed by atoms with Crippen molar-refractivity contribution >= 4 is 56.1 Å². The third-order valence-corrected chi connectivity index (χ3v) is 8.14. The van der Waals surface area contributed by atoms with Crippen molar-refractivity contribution < 1.29 is 28.2 Å². The number of halogens is 4. The molecule has 0 bridgehead atoms. The molecule has 1 aliphatic rings. The number of pyridine rings is 1. The zero-order valence-electron chi connectivity index (χ0n) is 20.4. The minimum absolute atomic E-state index is 0.155. The first-order valence-corrected chi connectivity index (χ1v) is 13.8. The molecule has 4 N–H and O–H groups in total. The average molecular weight is 586 g/mol. The second-order valence-electron chi connectivity index (χ2n) is 8.32. The molecule has 0 unspecified atom stereocenters. The molecule has 0 amide bonds. The lowest BCUT2D eigenvalue weighted by Crippen LogP contribution is -2.33. The number of aliphatic hydroxyl groups excluding tert-OH is 1. The number of rotatable bonds is 7. The standard InChI is InChI=1S/C24H26ClN3OS2.C2HF3O2/c1-26-19-11-5-4-9-17(19)23-18(10-3-2-6-12-29)22-24(31-23)20(14-21(25)28-22)27-15-16-8-7-13-30-16;3-2(4,5)1(6)7/h4-5,7-8,13-14,17,19,26,29H,2,6,9,11-12,15H2,1H3,(H,27,28);(H,6,7)/t17-,19-;/m0./s1. The maximum absolute atomic E-state index is 10.6. The van der Waals surface area contributed by atoms with Crippen LogP contribution in [0.5, 0.6) is 0 Å². The number of aliphatic hydroxyl groups is 1. The van der Waals surface area contributed by atoms with E-state index in [2.05, 4.69) is 52.1 Å². The van der Waals surface area contributed by atoms with E-state index >= 15 is 0 Å². The molecule has 38 heavy (non-hydrogen) atoms. The van der Waals surface area contributed by atoms with Crippen molar-refractivity contribution in [2.24, 2.45) is 0 Å². The topological polar surface area (TPSA) is 94.5 Å². The quantitative estimate of drug-likeness (QED) is 0.111. The largest absolute Gasteiger partial charge is 0.490 e. The Labute approximate surface area is 231 Å². The van der Waals surface area contributed by atoms with Gasteiger partial charge in [0.2, 0.25) is 0 Å². The van der Waals surface area contributed by atoms with Gasteiger partial charge in [0, 0.05) is 47.4 Å². The molecule has 0 saturated heterocycles. The number of unbranched alkanes of at least 4 members (excludes halogenated alkanes) is 1. The molecule has 12 heteroatoms. The number of likely N-dealkylation sites (N-methyl/N-ethyl adjacent to an activating group) is 1. The van der Waals surface area contributed by atoms with Gasteiger partial charge in [0.1, 0.15) is 10.7 Å². The lowest BCUT2D eigenvalue weighted by Gasteiger charge is -2.27. The van der Waals surface area contributed by atoms with Crippen LogP contribution in [0.25, 0.3) is 10.2 Å². The number of thiophene rings is 2. The Morgan fingerprint density at radius 2 is 2.05 bits per heavy atom. The highest BCUT2D eigenvalue weighted by Gasteiger charge is 2.38. The van der Waals surface area contributed by atoms with Gasteiger partial charge in [-0.2, -0.15) is 13.2 Å². The molecule has 0 fully saturated rings. The number of hydrogen-bond donors (Lipinski definition) is 4. The van der Waals surface area contributed by atoms with Gasteiger partial charge in [0.05, 0.1) is 16.0 Å². The summed E-state index contributed by atoms with van der Waals surface area (Å²) in [5.41, 5.74) is 2.87. The van der Waals surface area contributed by atoms with E-state index in [0.29, 0.717) is 30.0 Å². The fraction of sp³-hybridized carbons (Fsp3) is 0.385. The van der Waals surface area contributed by atoms with Gasteiger partial charge in [-0.05, 0) is 37.8 Å². The van der Waals surface area contributed by atoms with Crippen molar-refractivity contribution in [3.63, 3.8) is 0 Å². The van der Waals surface area contributed by atoms with Crippen LogP contribution in [0.4, 0.5) is 18.9 Å². The van der Waals surface area contributed by atoms with E-state index < -0.39 is 12.1 Å². The van der Waals surface area contributed by atoms with E-state index in [-0.39, 0.29) is 6.61 Å². The molecular formula is C26H27ClF3N3O3S2. The number of aliphatic carboxylic acids is 1. The molecule has 0 saturated carbocycles. The van der Waals surface area contributed by atoms with Gasteiger partial charge in [0.25, 0.3) is 0 Å². The normalized spacial score (nSPS) is 16.9. The van der Waals surface area contributed by atoms with E-state index in [1.54, 1.807) is 22.7 Å². The number of hydrogen-bond acceptors (Lipinski definition) is 7. The van der Waals surface area contributed by atoms with Crippen molar-refractivity contribution in [1.29, 1.82) is 0 Å². The van der Waals surface area contributed by atoms with Crippen LogP contribution in [-0.4, -0.2) is 47.0 Å². The average Bonchev–Trinajstić information content (AvgIpc) is 3.53. The number of nitrogens with one attached hydrogen (secondary N) is 2. The fourth-order valence-electron chi connectivity index (χ4n) is 3.90. The third-order valence-electron chi connectivity index (χ3n) is 5.73. The Morgan fingerprint density at radius 1 is 1.32 bits per heavy atom. The molecule has 3 aromatic rings. The zero-order valence-corrected chi connectivity index (χ0v) is 22.8. The Balaban J connectivity index is 0.000000505. The van der Waals surface area contributed by atoms with Crippen LogP contribution < -0.4 is 10.6 Å². The molecule has 0 radical (unpaired) electrons. The summed E-state index contributed by atoms with van der Waals surface area (Å²) in [6, 6.07) is 6.47. The highest BCUT2D eigenvalue weighted by molar-refractivity contribution is 7.20. The molecule has 3 aromatic heterocycles. The van der Waals surface area contributed by atoms with Crippen LogP contribution in [0.15, 0.2) is 35.7 Å². The summed E-state index contributed by atoms with van der Waals surface area (Å²) >= 11 is 9.96. The number of allylic oxidation sites excluding steroid dienone is 1. The number of carboxylic acid groups (broad SMARTS) is 1. The summed E-state index contributed by atoms with van der Waals surface area (Å²) in [7, 11) is 2.03. The summed E-state index contributed by atoms with van der Waals surface area (Å²) in [4.78, 5) is 16.1. The fourth-order valence-corrected chi connectivity index (χ4v) is 6.11. The molecule has 6 nitrogen and oxygen atoms in total. The Hall–Kier alpha value is -2.62. The maximum Gasteiger partial charge on any atom is 0.490 e. The number of aromatic nitrogens is 1. The van der Waals surface area contributed by atoms with Crippen molar-refractivity contribution in [2.45, 2.75) is 50.4 Å². The predicted octanol–water partition coefficient (Wildman–Crippen LogP) is 6.40. The van der Waals surface area contributed by atoms with Gasteiger partial charge in [-0.1, -0.05) is 41.7 Å². The van der Waals surface area contributed by atoms with Crippen LogP contribution in [0.3, 0.4) is 0 Å². The monoisotopic (exact) mass is 585 g/mol. The van der Waals surface area contributed by atoms with Gasteiger partial charge < -0.3 is 20.8 Å². The van der Waals surface area contributed by atoms with E-state index in [1.807, 2.05) is 13.1 Å². The summed E-state index contributed by atoms with van der Waals surface area (Å²) in [6.07, 6.45) is 2.76. The smallest absolute Gasteiger partial charge is 0.475 e. The number of anilines is 1. The van der Waals surface area contributed by atoms with Gasteiger partial charge in [-0.3, -0.25) is 0 Å². The summed E-state index contributed by atoms with van der Waals surface area (Å²) in [6.45, 7) is 0.908. The number of nitrogens with zero attached hydrogens (tertiary/aromatic N) is 1. The first-order chi connectivity index (χ1) is 18.2. The first-order valence-electron chi connectivity index (χ1n) is 11.8. The van der Waals surface area contributed by atoms with Crippen LogP contribution in [-0.2, 0) is 11.3 Å². The lowest BCUT2D eigenvalue weighted by atomic mass is 9.86. The molecule has 4 rings (SSSR count). The highest BCUT2D eigenvalue weighted by atomic mass is 35.5. The van der Waals surface area contributed by atoms with Crippen LogP contribution in [0.1, 0.15) is 46.9 Å². The van der Waals surface area contributed by atoms with E-state index in [9.17, 15) is 13.2 Å². The molecule has 0 spiro atoms. The summed E-state index contributed by atoms with van der Waals surface area (Å²) in [5.74, 6) is 4.22. The number of carbonyl (C=O) groups is 1. The third kappa shape index (κ3) is 7.94. The number of carboxylic acids is 1. The molecule has 2 atom stereocenters. The number of fused-ring (bicyclic) bond motifs is 1. The van der Waals surface area contributed by atoms with Gasteiger partial charge in [-0.15, -0.1) is 22.7 Å². The van der Waals surface area contributed by atoms with Crippen LogP contribution in [0.2, 0.25) is 5.15 Å². The second-order valence-corrected chi connectivity index (χ2v) is 10.8. The Bertz CT molecular complexity index is 1310. The summed E-state index contributed by atoms with van der Waals surface area (Å²) < 4.78 is 32.8. The second kappa shape index (κ2) is 14.0. The minimum Gasteiger partial charge on any atom is -0.475 e. The minimum atomic E-state index is -5.08. The van der Waals surface area contributed by atoms with Crippen LogP contribution in [0, 0.1) is 11.8 Å². The van der Waals surface area contributed by atoms with Gasteiger partial charge >= 0.3 is 12.1 Å². The molecule has 0 aliphatic heterocycles. The van der Waals surface area contributed by atoms with Crippen LogP contribution >= 0.6 is 34.3 Å². The SMILES string of the molecule is CN[C@H]1CC=CC[C@@H]1c1sc2c(NCc3cccs3)cc(Cl)nc2c1C#CCCCO.O=C(O)C(F)(F)F. The predicted molar refractivity (Wildman–Crippen MR) is 147 cm³/mol. The molecular weight excluding hydrogens is 559 g/mol. The number of alkyl halides is 3. The lowest BCUT2D eigenvalue weighted by molar-refractivity contribution is -0.192. The molecule has 0 aromatic carbocycles. The summed E-state index contributed by atoms with van der Waals surface area (Å²) in [5, 5.41) is 25.8. The maximum atomic E-state index is 10.6. The highest BCUT2D eigenvalue weighted by Crippen LogP contribution is 2.43. The zero-order chi connectivity index (χ0) is 27.7. The van der Waals surface area contributed by atoms with Crippen molar-refractivity contribution in [1.82, 2.24) is 10.3 Å². The molecule has 1 aliphatic carbocycles. The van der Waals surface area contributed by atoms with Crippen molar-refractivity contribution in [2.75, 3.05) is 19.0 Å². The van der Waals surface area contributed by atoms with E-state index in [1.165, 1.54) is 9.75 Å². The molecule has 204 valence electrons. The molecule has 3 heterocycles. The van der Waals surface area contributed by atoms with Crippen molar-refractivity contribution in [3.8, 4) is 11.8 Å². The van der Waals surface area contributed by atoms with E-state index in [0.717, 1.165) is 40.9 Å². The van der Waals surface area contributed by atoms with E-state index in [4.69, 9.17) is 31.6 Å². The first kappa shape index (κ1) is 29.9. The van der Waals surface area contributed by atoms with Gasteiger partial charge in [-0.25, -0.2) is 9.78 Å². The van der Waals surface area contributed by atoms with Crippen molar-refractivity contribution in [3.05, 3.63) is 56.2 Å². The Kier molecular flexibility index (Phi) is 11.0. The van der Waals surface area contributed by atoms with Gasteiger partial charge in [0.15, 0.2) is 0 Å².